The number of nitriles is 1. The first kappa shape index (κ1) is 17.9. The highest BCUT2D eigenvalue weighted by Crippen LogP contribution is 2.31. The van der Waals surface area contributed by atoms with E-state index in [-0.39, 0.29) is 4.90 Å². The summed E-state index contributed by atoms with van der Waals surface area (Å²) in [5, 5.41) is 19.6. The number of carboxylic acids is 1. The lowest BCUT2D eigenvalue weighted by atomic mass is 10.1. The van der Waals surface area contributed by atoms with Crippen LogP contribution in [0.15, 0.2) is 45.7 Å². The smallest absolute Gasteiger partial charge is 0.322 e. The fourth-order valence-corrected chi connectivity index (χ4v) is 4.05. The first-order chi connectivity index (χ1) is 12.2. The van der Waals surface area contributed by atoms with Crippen molar-refractivity contribution in [2.75, 3.05) is 0 Å². The second-order valence-electron chi connectivity index (χ2n) is 6.26. The Balaban J connectivity index is 2.07. The van der Waals surface area contributed by atoms with Gasteiger partial charge in [0.05, 0.1) is 16.5 Å². The zero-order valence-corrected chi connectivity index (χ0v) is 14.9. The van der Waals surface area contributed by atoms with Crippen LogP contribution in [-0.2, 0) is 14.8 Å². The molecule has 0 radical (unpaired) electrons. The molecule has 26 heavy (non-hydrogen) atoms. The minimum atomic E-state index is -4.03. The van der Waals surface area contributed by atoms with E-state index in [4.69, 9.17) is 9.68 Å². The number of benzene rings is 2. The average Bonchev–Trinajstić information content (AvgIpc) is 2.96. The summed E-state index contributed by atoms with van der Waals surface area (Å²) in [6.45, 7) is 3.24. The van der Waals surface area contributed by atoms with Crippen LogP contribution < -0.4 is 4.72 Å². The molecule has 1 heterocycles. The van der Waals surface area contributed by atoms with Gasteiger partial charge in [-0.15, -0.1) is 0 Å². The van der Waals surface area contributed by atoms with E-state index in [2.05, 4.69) is 4.72 Å². The van der Waals surface area contributed by atoms with E-state index in [9.17, 15) is 18.3 Å². The van der Waals surface area contributed by atoms with Crippen LogP contribution in [-0.4, -0.2) is 25.5 Å². The Bertz CT molecular complexity index is 1160. The Labute approximate surface area is 149 Å². The normalized spacial score (nSPS) is 13.2. The lowest BCUT2D eigenvalue weighted by Gasteiger charge is -2.17. The van der Waals surface area contributed by atoms with Gasteiger partial charge in [-0.2, -0.15) is 9.98 Å². The summed E-state index contributed by atoms with van der Waals surface area (Å²) in [6, 6.07) is 10.1. The molecule has 134 valence electrons. The van der Waals surface area contributed by atoms with Crippen LogP contribution in [0.2, 0.25) is 0 Å². The van der Waals surface area contributed by atoms with Crippen molar-refractivity contribution in [3.05, 3.63) is 42.0 Å². The van der Waals surface area contributed by atoms with Gasteiger partial charge in [0, 0.05) is 16.8 Å². The SMILES string of the molecule is CC(C)C(NS(=O)(=O)c1ccc2c(c1)oc1ccc(C#N)cc12)C(=O)O. The van der Waals surface area contributed by atoms with Gasteiger partial charge in [0.25, 0.3) is 0 Å². The van der Waals surface area contributed by atoms with Gasteiger partial charge in [-0.3, -0.25) is 4.79 Å². The van der Waals surface area contributed by atoms with Crippen molar-refractivity contribution in [2.24, 2.45) is 5.92 Å². The Morgan fingerprint density at radius 2 is 1.88 bits per heavy atom. The number of nitrogens with one attached hydrogen (secondary N) is 1. The van der Waals surface area contributed by atoms with Gasteiger partial charge >= 0.3 is 5.97 Å². The molecule has 1 aromatic heterocycles. The van der Waals surface area contributed by atoms with E-state index >= 15 is 0 Å². The van der Waals surface area contributed by atoms with Crippen LogP contribution in [0.3, 0.4) is 0 Å². The molecule has 7 nitrogen and oxygen atoms in total. The molecule has 0 saturated carbocycles. The number of carboxylic acid groups (broad SMARTS) is 1. The molecule has 0 aliphatic rings. The standard InChI is InChI=1S/C18H16N2O5S/c1-10(2)17(18(21)22)20-26(23,24)12-4-5-13-14-7-11(9-19)3-6-15(14)25-16(13)8-12/h3-8,10,17,20H,1-2H3,(H,21,22). The third-order valence-electron chi connectivity index (χ3n) is 4.10. The minimum Gasteiger partial charge on any atom is -0.480 e. The Hall–Kier alpha value is -2.89. The second-order valence-corrected chi connectivity index (χ2v) is 7.98. The molecule has 0 bridgehead atoms. The molecular weight excluding hydrogens is 356 g/mol. The molecule has 3 rings (SSSR count). The van der Waals surface area contributed by atoms with Crippen molar-refractivity contribution in [1.82, 2.24) is 4.72 Å². The minimum absolute atomic E-state index is 0.0866. The third kappa shape index (κ3) is 3.14. The summed E-state index contributed by atoms with van der Waals surface area (Å²) in [6.07, 6.45) is 0. The highest BCUT2D eigenvalue weighted by Gasteiger charge is 2.28. The molecule has 2 N–H and O–H groups in total. The van der Waals surface area contributed by atoms with Crippen molar-refractivity contribution in [1.29, 1.82) is 5.26 Å². The van der Waals surface area contributed by atoms with E-state index in [1.807, 2.05) is 6.07 Å². The quantitative estimate of drug-likeness (QED) is 0.710. The molecule has 0 aliphatic carbocycles. The van der Waals surface area contributed by atoms with E-state index in [0.717, 1.165) is 0 Å². The Morgan fingerprint density at radius 1 is 1.15 bits per heavy atom. The fourth-order valence-electron chi connectivity index (χ4n) is 2.70. The maximum atomic E-state index is 12.6. The molecular formula is C18H16N2O5S. The Morgan fingerprint density at radius 3 is 2.50 bits per heavy atom. The first-order valence-electron chi connectivity index (χ1n) is 7.84. The third-order valence-corrected chi connectivity index (χ3v) is 5.54. The highest BCUT2D eigenvalue weighted by atomic mass is 32.2. The monoisotopic (exact) mass is 372 g/mol. The number of nitrogens with zero attached hydrogens (tertiary/aromatic N) is 1. The predicted octanol–water partition coefficient (Wildman–Crippen LogP) is 2.85. The van der Waals surface area contributed by atoms with Crippen molar-refractivity contribution in [2.45, 2.75) is 24.8 Å². The van der Waals surface area contributed by atoms with E-state index in [1.54, 1.807) is 38.1 Å². The molecule has 0 fully saturated rings. The Kier molecular flexibility index (Phi) is 4.44. The van der Waals surface area contributed by atoms with Crippen LogP contribution in [0.5, 0.6) is 0 Å². The van der Waals surface area contributed by atoms with Crippen LogP contribution in [0.25, 0.3) is 21.9 Å². The summed E-state index contributed by atoms with van der Waals surface area (Å²) in [5.41, 5.74) is 1.35. The van der Waals surface area contributed by atoms with Gasteiger partial charge in [-0.05, 0) is 36.2 Å². The molecule has 0 saturated heterocycles. The molecule has 1 unspecified atom stereocenters. The van der Waals surface area contributed by atoms with Gasteiger partial charge in [0.2, 0.25) is 10.0 Å². The molecule has 0 amide bonds. The van der Waals surface area contributed by atoms with Crippen molar-refractivity contribution in [3.8, 4) is 6.07 Å². The first-order valence-corrected chi connectivity index (χ1v) is 9.33. The largest absolute Gasteiger partial charge is 0.480 e. The number of rotatable bonds is 5. The molecule has 3 aromatic rings. The summed E-state index contributed by atoms with van der Waals surface area (Å²) in [5.74, 6) is -1.65. The number of fused-ring (bicyclic) bond motifs is 3. The van der Waals surface area contributed by atoms with Crippen LogP contribution in [0, 0.1) is 17.2 Å². The van der Waals surface area contributed by atoms with Gasteiger partial charge in [0.1, 0.15) is 17.2 Å². The second kappa shape index (κ2) is 6.44. The van der Waals surface area contributed by atoms with Crippen molar-refractivity contribution < 1.29 is 22.7 Å². The summed E-state index contributed by atoms with van der Waals surface area (Å²) < 4.78 is 33.0. The van der Waals surface area contributed by atoms with E-state index < -0.39 is 28.0 Å². The van der Waals surface area contributed by atoms with Gasteiger partial charge in [-0.25, -0.2) is 8.42 Å². The molecule has 0 aliphatic heterocycles. The van der Waals surface area contributed by atoms with Gasteiger partial charge in [-0.1, -0.05) is 13.8 Å². The average molecular weight is 372 g/mol. The fraction of sp³-hybridized carbons (Fsp3) is 0.222. The maximum Gasteiger partial charge on any atom is 0.322 e. The van der Waals surface area contributed by atoms with Crippen LogP contribution in [0.1, 0.15) is 19.4 Å². The van der Waals surface area contributed by atoms with E-state index in [1.165, 1.54) is 12.1 Å². The number of hydrogen-bond donors (Lipinski definition) is 2. The van der Waals surface area contributed by atoms with Crippen LogP contribution in [0.4, 0.5) is 0 Å². The summed E-state index contributed by atoms with van der Waals surface area (Å²) in [4.78, 5) is 11.2. The zero-order valence-electron chi connectivity index (χ0n) is 14.1. The lowest BCUT2D eigenvalue weighted by molar-refractivity contribution is -0.140. The molecule has 1 atom stereocenters. The molecule has 0 spiro atoms. The topological polar surface area (TPSA) is 120 Å². The van der Waals surface area contributed by atoms with Gasteiger partial charge in [0.15, 0.2) is 0 Å². The molecule has 8 heteroatoms. The lowest BCUT2D eigenvalue weighted by Crippen LogP contribution is -2.44. The van der Waals surface area contributed by atoms with Crippen LogP contribution >= 0.6 is 0 Å². The van der Waals surface area contributed by atoms with Gasteiger partial charge < -0.3 is 9.52 Å². The number of furan rings is 1. The summed E-state index contributed by atoms with van der Waals surface area (Å²) >= 11 is 0. The van der Waals surface area contributed by atoms with E-state index in [0.29, 0.717) is 27.5 Å². The predicted molar refractivity (Wildman–Crippen MR) is 95.0 cm³/mol. The van der Waals surface area contributed by atoms with Crippen molar-refractivity contribution >= 4 is 37.9 Å². The number of hydrogen-bond acceptors (Lipinski definition) is 5. The number of sulfonamides is 1. The summed E-state index contributed by atoms with van der Waals surface area (Å²) in [7, 11) is -4.03. The maximum absolute atomic E-state index is 12.6. The zero-order chi connectivity index (χ0) is 19.1. The number of carbonyl (C=O) groups is 1. The molecule has 2 aromatic carbocycles. The highest BCUT2D eigenvalue weighted by molar-refractivity contribution is 7.89. The number of aliphatic carboxylic acids is 1. The van der Waals surface area contributed by atoms with Crippen molar-refractivity contribution in [3.63, 3.8) is 0 Å².